The summed E-state index contributed by atoms with van der Waals surface area (Å²) < 4.78 is 29.0. The minimum absolute atomic E-state index is 0.0122. The number of benzene rings is 4. The van der Waals surface area contributed by atoms with Crippen LogP contribution in [0.4, 0.5) is 5.69 Å². The first-order chi connectivity index (χ1) is 20.6. The molecule has 0 aliphatic rings. The Bertz CT molecular complexity index is 1640. The van der Waals surface area contributed by atoms with E-state index in [1.54, 1.807) is 18.2 Å². The van der Waals surface area contributed by atoms with Crippen molar-refractivity contribution in [2.24, 2.45) is 0 Å². The highest BCUT2D eigenvalue weighted by molar-refractivity contribution is 7.92. The van der Waals surface area contributed by atoms with Crippen LogP contribution in [0.1, 0.15) is 25.0 Å². The second-order valence-corrected chi connectivity index (χ2v) is 13.0. The van der Waals surface area contributed by atoms with Crippen molar-refractivity contribution in [3.63, 3.8) is 0 Å². The van der Waals surface area contributed by atoms with Crippen molar-refractivity contribution in [3.8, 4) is 0 Å². The van der Waals surface area contributed by atoms with Gasteiger partial charge in [0.25, 0.3) is 10.0 Å². The first-order valence-electron chi connectivity index (χ1n) is 13.8. The third kappa shape index (κ3) is 8.38. The fraction of sp³-hybridized carbons (Fsp3) is 0.212. The van der Waals surface area contributed by atoms with Crippen LogP contribution in [0.25, 0.3) is 0 Å². The number of carbonyl (C=O) groups excluding carboxylic acids is 2. The fourth-order valence-electron chi connectivity index (χ4n) is 4.63. The zero-order valence-electron chi connectivity index (χ0n) is 23.9. The summed E-state index contributed by atoms with van der Waals surface area (Å²) >= 11 is 12.6. The predicted molar refractivity (Wildman–Crippen MR) is 172 cm³/mol. The highest BCUT2D eigenvalue weighted by atomic mass is 35.5. The predicted octanol–water partition coefficient (Wildman–Crippen LogP) is 6.35. The van der Waals surface area contributed by atoms with Gasteiger partial charge in [0, 0.05) is 24.0 Å². The summed E-state index contributed by atoms with van der Waals surface area (Å²) in [6.07, 6.45) is 0.227. The highest BCUT2D eigenvalue weighted by Crippen LogP contribution is 2.33. The number of sulfonamides is 1. The van der Waals surface area contributed by atoms with E-state index in [0.29, 0.717) is 5.02 Å². The van der Waals surface area contributed by atoms with Gasteiger partial charge in [-0.2, -0.15) is 0 Å². The van der Waals surface area contributed by atoms with E-state index in [0.717, 1.165) is 15.4 Å². The van der Waals surface area contributed by atoms with Gasteiger partial charge in [-0.1, -0.05) is 102 Å². The van der Waals surface area contributed by atoms with Gasteiger partial charge in [-0.3, -0.25) is 13.9 Å². The standard InChI is InChI=1S/C33H33Cl2N3O4S/c1-24(2)36-33(40)31(20-25-12-6-3-7-13-25)37(22-26-14-8-4-9-15-26)32(39)23-38(30-19-18-27(34)21-29(30)35)43(41,42)28-16-10-5-11-17-28/h3-19,21,24,31H,20,22-23H2,1-2H3,(H,36,40)/t31-/m1/s1. The average Bonchev–Trinajstić information content (AvgIpc) is 2.99. The molecule has 0 radical (unpaired) electrons. The Morgan fingerprint density at radius 2 is 1.35 bits per heavy atom. The third-order valence-corrected chi connectivity index (χ3v) is 9.00. The van der Waals surface area contributed by atoms with E-state index in [2.05, 4.69) is 5.32 Å². The second-order valence-electron chi connectivity index (χ2n) is 10.3. The molecular weight excluding hydrogens is 605 g/mol. The molecule has 0 saturated heterocycles. The second kappa shape index (κ2) is 14.6. The van der Waals surface area contributed by atoms with Crippen LogP contribution in [0.15, 0.2) is 114 Å². The number of carbonyl (C=O) groups is 2. The van der Waals surface area contributed by atoms with E-state index >= 15 is 0 Å². The smallest absolute Gasteiger partial charge is 0.264 e. The summed E-state index contributed by atoms with van der Waals surface area (Å²) in [5.74, 6) is -0.917. The number of nitrogens with zero attached hydrogens (tertiary/aromatic N) is 2. The van der Waals surface area contributed by atoms with Crippen LogP contribution in [0.5, 0.6) is 0 Å². The van der Waals surface area contributed by atoms with Crippen LogP contribution in [0.3, 0.4) is 0 Å². The van der Waals surface area contributed by atoms with Crippen LogP contribution < -0.4 is 9.62 Å². The van der Waals surface area contributed by atoms with E-state index in [9.17, 15) is 18.0 Å². The van der Waals surface area contributed by atoms with Gasteiger partial charge < -0.3 is 10.2 Å². The quantitative estimate of drug-likeness (QED) is 0.196. The van der Waals surface area contributed by atoms with Crippen LogP contribution in [0.2, 0.25) is 10.0 Å². The van der Waals surface area contributed by atoms with Crippen LogP contribution in [-0.2, 0) is 32.6 Å². The number of halogens is 2. The normalized spacial score (nSPS) is 12.0. The molecule has 4 aromatic carbocycles. The van der Waals surface area contributed by atoms with Crippen molar-refractivity contribution in [1.29, 1.82) is 0 Å². The maximum Gasteiger partial charge on any atom is 0.264 e. The Morgan fingerprint density at radius 1 is 0.791 bits per heavy atom. The zero-order valence-corrected chi connectivity index (χ0v) is 26.2. The van der Waals surface area contributed by atoms with Gasteiger partial charge in [-0.25, -0.2) is 8.42 Å². The molecule has 7 nitrogen and oxygen atoms in total. The Kier molecular flexibility index (Phi) is 10.9. The van der Waals surface area contributed by atoms with E-state index in [-0.39, 0.29) is 40.5 Å². The zero-order chi connectivity index (χ0) is 31.0. The Hall–Kier alpha value is -3.85. The molecule has 10 heteroatoms. The number of nitrogens with one attached hydrogen (secondary N) is 1. The van der Waals surface area contributed by atoms with Crippen molar-refractivity contribution in [3.05, 3.63) is 130 Å². The fourth-order valence-corrected chi connectivity index (χ4v) is 6.65. The molecule has 1 atom stereocenters. The molecule has 0 spiro atoms. The summed E-state index contributed by atoms with van der Waals surface area (Å²) in [5, 5.41) is 3.32. The molecule has 0 unspecified atom stereocenters. The van der Waals surface area contributed by atoms with E-state index < -0.39 is 28.5 Å². The molecule has 0 fully saturated rings. The van der Waals surface area contributed by atoms with Crippen molar-refractivity contribution < 1.29 is 18.0 Å². The van der Waals surface area contributed by atoms with E-state index in [1.807, 2.05) is 74.5 Å². The molecule has 4 aromatic rings. The third-order valence-electron chi connectivity index (χ3n) is 6.69. The Balaban J connectivity index is 1.81. The molecule has 0 bridgehead atoms. The minimum atomic E-state index is -4.26. The molecular formula is C33H33Cl2N3O4S. The van der Waals surface area contributed by atoms with Crippen molar-refractivity contribution in [1.82, 2.24) is 10.2 Å². The number of hydrogen-bond acceptors (Lipinski definition) is 4. The summed E-state index contributed by atoms with van der Waals surface area (Å²) in [4.78, 5) is 29.5. The molecule has 2 amide bonds. The van der Waals surface area contributed by atoms with Gasteiger partial charge in [-0.15, -0.1) is 0 Å². The molecule has 0 aliphatic heterocycles. The lowest BCUT2D eigenvalue weighted by molar-refractivity contribution is -0.140. The lowest BCUT2D eigenvalue weighted by Crippen LogP contribution is -2.54. The Morgan fingerprint density at radius 3 is 1.91 bits per heavy atom. The molecule has 0 heterocycles. The maximum absolute atomic E-state index is 14.4. The molecule has 1 N–H and O–H groups in total. The number of anilines is 1. The largest absolute Gasteiger partial charge is 0.352 e. The number of rotatable bonds is 12. The molecule has 43 heavy (non-hydrogen) atoms. The number of amides is 2. The van der Waals surface area contributed by atoms with E-state index in [1.165, 1.54) is 35.2 Å². The molecule has 0 saturated carbocycles. The van der Waals surface area contributed by atoms with Crippen molar-refractivity contribution >= 4 is 50.7 Å². The summed E-state index contributed by atoms with van der Waals surface area (Å²) in [7, 11) is -4.26. The molecule has 4 rings (SSSR count). The molecule has 224 valence electrons. The van der Waals surface area contributed by atoms with Crippen LogP contribution in [-0.4, -0.2) is 43.8 Å². The summed E-state index contributed by atoms with van der Waals surface area (Å²) in [6.45, 7) is 3.16. The topological polar surface area (TPSA) is 86.8 Å². The van der Waals surface area contributed by atoms with Gasteiger partial charge >= 0.3 is 0 Å². The highest BCUT2D eigenvalue weighted by Gasteiger charge is 2.35. The SMILES string of the molecule is CC(C)NC(=O)[C@@H](Cc1ccccc1)N(Cc1ccccc1)C(=O)CN(c1ccc(Cl)cc1Cl)S(=O)(=O)c1ccccc1. The van der Waals surface area contributed by atoms with Gasteiger partial charge in [0.2, 0.25) is 11.8 Å². The van der Waals surface area contributed by atoms with Crippen LogP contribution in [0, 0.1) is 0 Å². The average molecular weight is 639 g/mol. The first-order valence-corrected chi connectivity index (χ1v) is 16.0. The summed E-state index contributed by atoms with van der Waals surface area (Å²) in [5.41, 5.74) is 1.73. The van der Waals surface area contributed by atoms with Gasteiger partial charge in [0.05, 0.1) is 15.6 Å². The van der Waals surface area contributed by atoms with Crippen molar-refractivity contribution in [2.75, 3.05) is 10.8 Å². The molecule has 0 aliphatic carbocycles. The van der Waals surface area contributed by atoms with E-state index in [4.69, 9.17) is 23.2 Å². The monoisotopic (exact) mass is 637 g/mol. The van der Waals surface area contributed by atoms with Crippen LogP contribution >= 0.6 is 23.2 Å². The van der Waals surface area contributed by atoms with Gasteiger partial charge in [0.1, 0.15) is 12.6 Å². The minimum Gasteiger partial charge on any atom is -0.352 e. The van der Waals surface area contributed by atoms with Gasteiger partial charge in [0.15, 0.2) is 0 Å². The molecule has 0 aromatic heterocycles. The van der Waals surface area contributed by atoms with Crippen molar-refractivity contribution in [2.45, 2.75) is 43.8 Å². The first kappa shape index (κ1) is 32.1. The Labute approximate surface area is 263 Å². The maximum atomic E-state index is 14.4. The lowest BCUT2D eigenvalue weighted by atomic mass is 10.0. The lowest BCUT2D eigenvalue weighted by Gasteiger charge is -2.34. The number of hydrogen-bond donors (Lipinski definition) is 1. The summed E-state index contributed by atoms with van der Waals surface area (Å²) in [6, 6.07) is 29.7. The van der Waals surface area contributed by atoms with Gasteiger partial charge in [-0.05, 0) is 55.3 Å².